The van der Waals surface area contributed by atoms with E-state index in [0.717, 1.165) is 23.8 Å². The summed E-state index contributed by atoms with van der Waals surface area (Å²) in [6, 6.07) is 11.1. The summed E-state index contributed by atoms with van der Waals surface area (Å²) < 4.78 is 22.7. The quantitative estimate of drug-likeness (QED) is 0.565. The van der Waals surface area contributed by atoms with Crippen LogP contribution in [-0.2, 0) is 9.73 Å². The number of aliphatic hydroxyl groups is 1. The number of benzene rings is 2. The molecule has 1 saturated carbocycles. The molecule has 4 rings (SSSR count). The zero-order chi connectivity index (χ0) is 23.6. The third kappa shape index (κ3) is 5.59. The first kappa shape index (κ1) is 23.0. The summed E-state index contributed by atoms with van der Waals surface area (Å²) in [4.78, 5) is 8.83. The third-order valence-corrected chi connectivity index (χ3v) is 6.20. The van der Waals surface area contributed by atoms with Gasteiger partial charge in [-0.3, -0.25) is 0 Å². The Morgan fingerprint density at radius 3 is 2.64 bits per heavy atom. The minimum absolute atomic E-state index is 0.0195. The zero-order valence-electron chi connectivity index (χ0n) is 18.9. The van der Waals surface area contributed by atoms with E-state index in [2.05, 4.69) is 25.7 Å². The van der Waals surface area contributed by atoms with Crippen LogP contribution < -0.4 is 10.1 Å². The van der Waals surface area contributed by atoms with Crippen molar-refractivity contribution in [3.05, 3.63) is 47.8 Å². The van der Waals surface area contributed by atoms with Crippen LogP contribution in [0.15, 0.2) is 41.0 Å². The van der Waals surface area contributed by atoms with Crippen molar-refractivity contribution in [2.45, 2.75) is 44.8 Å². The number of fused-ring (bicyclic) bond motifs is 1. The maximum absolute atomic E-state index is 12.1. The van der Waals surface area contributed by atoms with Gasteiger partial charge in [-0.2, -0.15) is 9.62 Å². The van der Waals surface area contributed by atoms with Crippen LogP contribution in [0, 0.1) is 18.3 Å². The molecule has 33 heavy (non-hydrogen) atoms. The molecular weight excluding hydrogens is 438 g/mol. The van der Waals surface area contributed by atoms with Crippen molar-refractivity contribution in [3.63, 3.8) is 0 Å². The molecule has 2 aromatic carbocycles. The smallest absolute Gasteiger partial charge is 0.144 e. The van der Waals surface area contributed by atoms with Crippen LogP contribution in [0.25, 0.3) is 10.9 Å². The van der Waals surface area contributed by atoms with Crippen LogP contribution in [0.5, 0.6) is 5.75 Å². The second kappa shape index (κ2) is 9.33. The molecule has 172 valence electrons. The summed E-state index contributed by atoms with van der Waals surface area (Å²) in [5.74, 6) is 1.18. The maximum Gasteiger partial charge on any atom is 0.144 e. The average Bonchev–Trinajstić information content (AvgIpc) is 2.75. The molecule has 0 amide bonds. The van der Waals surface area contributed by atoms with Crippen LogP contribution in [0.3, 0.4) is 0 Å². The van der Waals surface area contributed by atoms with Gasteiger partial charge in [0.15, 0.2) is 0 Å². The minimum atomic E-state index is -2.29. The van der Waals surface area contributed by atoms with E-state index in [0.29, 0.717) is 46.9 Å². The van der Waals surface area contributed by atoms with E-state index in [1.807, 2.05) is 19.1 Å². The Hall–Kier alpha value is -3.22. The summed E-state index contributed by atoms with van der Waals surface area (Å²) in [7, 11) is -2.29. The average molecular weight is 466 g/mol. The van der Waals surface area contributed by atoms with Gasteiger partial charge in [0.05, 0.1) is 40.7 Å². The van der Waals surface area contributed by atoms with Crippen LogP contribution in [-0.4, -0.2) is 44.0 Å². The molecule has 1 heterocycles. The van der Waals surface area contributed by atoms with Crippen molar-refractivity contribution < 1.29 is 14.1 Å². The van der Waals surface area contributed by atoms with Crippen molar-refractivity contribution >= 4 is 37.8 Å². The van der Waals surface area contributed by atoms with E-state index in [9.17, 15) is 14.6 Å². The minimum Gasteiger partial charge on any atom is -0.488 e. The van der Waals surface area contributed by atoms with Gasteiger partial charge in [-0.15, -0.1) is 0 Å². The first-order valence-corrected chi connectivity index (χ1v) is 13.1. The second-order valence-corrected chi connectivity index (χ2v) is 11.2. The van der Waals surface area contributed by atoms with E-state index in [-0.39, 0.29) is 12.2 Å². The molecule has 0 spiro atoms. The molecule has 3 aromatic rings. The first-order valence-electron chi connectivity index (χ1n) is 10.8. The van der Waals surface area contributed by atoms with Gasteiger partial charge in [0.2, 0.25) is 0 Å². The van der Waals surface area contributed by atoms with Crippen molar-refractivity contribution in [1.29, 1.82) is 5.26 Å². The molecule has 0 radical (unpaired) electrons. The molecule has 0 saturated heterocycles. The lowest BCUT2D eigenvalue weighted by Crippen LogP contribution is -2.26. The Labute approximate surface area is 193 Å². The van der Waals surface area contributed by atoms with Crippen molar-refractivity contribution in [1.82, 2.24) is 9.97 Å². The summed E-state index contributed by atoms with van der Waals surface area (Å²) in [5, 5.41) is 23.3. The Bertz CT molecular complexity index is 1340. The third-order valence-electron chi connectivity index (χ3n) is 5.55. The van der Waals surface area contributed by atoms with E-state index in [1.54, 1.807) is 30.7 Å². The van der Waals surface area contributed by atoms with E-state index in [4.69, 9.17) is 4.74 Å². The van der Waals surface area contributed by atoms with Gasteiger partial charge in [0, 0.05) is 33.7 Å². The van der Waals surface area contributed by atoms with Crippen LogP contribution in [0.1, 0.15) is 36.8 Å². The molecule has 0 unspecified atom stereocenters. The molecule has 0 bridgehead atoms. The lowest BCUT2D eigenvalue weighted by atomic mass is 9.95. The number of nitrogens with one attached hydrogen (secondary N) is 1. The highest BCUT2D eigenvalue weighted by atomic mass is 32.2. The number of aliphatic hydroxyl groups excluding tert-OH is 1. The molecule has 9 heteroatoms. The van der Waals surface area contributed by atoms with E-state index in [1.165, 1.54) is 6.33 Å². The number of aromatic nitrogens is 2. The van der Waals surface area contributed by atoms with Gasteiger partial charge in [-0.1, -0.05) is 0 Å². The summed E-state index contributed by atoms with van der Waals surface area (Å²) in [5.41, 5.74) is 3.40. The number of anilines is 2. The Morgan fingerprint density at radius 2 is 1.94 bits per heavy atom. The Morgan fingerprint density at radius 1 is 1.18 bits per heavy atom. The predicted octanol–water partition coefficient (Wildman–Crippen LogP) is 4.59. The van der Waals surface area contributed by atoms with Gasteiger partial charge in [0.1, 0.15) is 17.9 Å². The predicted molar refractivity (Wildman–Crippen MR) is 130 cm³/mol. The molecule has 0 atom stereocenters. The van der Waals surface area contributed by atoms with Crippen molar-refractivity contribution in [3.8, 4) is 11.8 Å². The van der Waals surface area contributed by atoms with Gasteiger partial charge < -0.3 is 15.2 Å². The lowest BCUT2D eigenvalue weighted by Gasteiger charge is -2.27. The molecule has 2 N–H and O–H groups in total. The fourth-order valence-electron chi connectivity index (χ4n) is 4.04. The lowest BCUT2D eigenvalue weighted by molar-refractivity contribution is 0.0669. The fraction of sp³-hybridized carbons (Fsp3) is 0.375. The number of nitriles is 1. The van der Waals surface area contributed by atoms with Crippen LogP contribution in [0.4, 0.5) is 17.2 Å². The fourth-order valence-corrected chi connectivity index (χ4v) is 4.65. The monoisotopic (exact) mass is 465 g/mol. The Kier molecular flexibility index (Phi) is 6.49. The zero-order valence-corrected chi connectivity index (χ0v) is 19.7. The van der Waals surface area contributed by atoms with Crippen LogP contribution >= 0.6 is 0 Å². The Balaban J connectivity index is 1.71. The molecule has 8 nitrogen and oxygen atoms in total. The number of hydrogen-bond acceptors (Lipinski definition) is 8. The summed E-state index contributed by atoms with van der Waals surface area (Å²) in [6.07, 6.45) is 7.30. The summed E-state index contributed by atoms with van der Waals surface area (Å²) in [6.45, 7) is 1.94. The molecule has 1 fully saturated rings. The van der Waals surface area contributed by atoms with Gasteiger partial charge in [-0.25, -0.2) is 14.2 Å². The van der Waals surface area contributed by atoms with Crippen LogP contribution in [0.2, 0.25) is 0 Å². The molecule has 1 aromatic heterocycles. The number of aryl methyl sites for hydroxylation is 1. The largest absolute Gasteiger partial charge is 0.488 e. The van der Waals surface area contributed by atoms with E-state index < -0.39 is 9.73 Å². The number of ether oxygens (including phenoxy) is 1. The second-order valence-electron chi connectivity index (χ2n) is 8.65. The first-order chi connectivity index (χ1) is 15.7. The molecule has 1 aliphatic rings. The summed E-state index contributed by atoms with van der Waals surface area (Å²) >= 11 is 0. The van der Waals surface area contributed by atoms with Gasteiger partial charge in [-0.05, 0) is 62.4 Å². The molecule has 0 aliphatic heterocycles. The van der Waals surface area contributed by atoms with Crippen molar-refractivity contribution in [2.75, 3.05) is 17.8 Å². The SMILES string of the molecule is Cc1cc(N=S(C)(C)=O)cc2ncnc(Nc3ccc(C#N)cc3OC3CCC(O)CC3)c12. The highest BCUT2D eigenvalue weighted by Crippen LogP contribution is 2.35. The van der Waals surface area contributed by atoms with E-state index >= 15 is 0 Å². The highest BCUT2D eigenvalue weighted by molar-refractivity contribution is 7.92. The number of hydrogen-bond donors (Lipinski definition) is 2. The number of rotatable bonds is 5. The maximum atomic E-state index is 12.1. The topological polar surface area (TPSA) is 120 Å². The highest BCUT2D eigenvalue weighted by Gasteiger charge is 2.22. The van der Waals surface area contributed by atoms with Crippen molar-refractivity contribution in [2.24, 2.45) is 4.36 Å². The normalized spacial score (nSPS) is 18.5. The standard InChI is InChI=1S/C24H27N5O3S/c1-15-10-17(29-33(2,3)31)12-21-23(15)24(27-14-26-21)28-20-9-4-16(13-25)11-22(20)32-19-7-5-18(30)6-8-19/h4,9-12,14,18-19,30H,5-8H2,1-3H3,(H,26,27,28). The van der Waals surface area contributed by atoms with Gasteiger partial charge in [0.25, 0.3) is 0 Å². The van der Waals surface area contributed by atoms with Gasteiger partial charge >= 0.3 is 0 Å². The molecule has 1 aliphatic carbocycles. The number of nitrogens with zero attached hydrogens (tertiary/aromatic N) is 4. The molecular formula is C24H27N5O3S.